The van der Waals surface area contributed by atoms with Crippen LogP contribution in [-0.2, 0) is 4.74 Å². The second kappa shape index (κ2) is 5.25. The van der Waals surface area contributed by atoms with Gasteiger partial charge in [-0.25, -0.2) is 9.97 Å². The van der Waals surface area contributed by atoms with Crippen LogP contribution in [0.25, 0.3) is 0 Å². The van der Waals surface area contributed by atoms with E-state index in [4.69, 9.17) is 16.3 Å². The van der Waals surface area contributed by atoms with E-state index in [1.54, 1.807) is 6.07 Å². The van der Waals surface area contributed by atoms with Crippen molar-refractivity contribution in [2.75, 3.05) is 11.9 Å². The number of hydrogen-bond acceptors (Lipinski definition) is 4. The Morgan fingerprint density at radius 2 is 2.16 bits per heavy atom. The van der Waals surface area contributed by atoms with E-state index in [1.807, 2.05) is 6.92 Å². The Balaban J connectivity index is 1.69. The van der Waals surface area contributed by atoms with Crippen LogP contribution in [0.1, 0.15) is 44.3 Å². The summed E-state index contributed by atoms with van der Waals surface area (Å²) >= 11 is 5.97. The monoisotopic (exact) mass is 281 g/mol. The topological polar surface area (TPSA) is 47.0 Å². The van der Waals surface area contributed by atoms with E-state index in [0.717, 1.165) is 25.3 Å². The van der Waals surface area contributed by atoms with Gasteiger partial charge in [0.05, 0.1) is 5.60 Å². The van der Waals surface area contributed by atoms with E-state index in [-0.39, 0.29) is 5.60 Å². The number of halogens is 1. The Kier molecular flexibility index (Phi) is 3.63. The van der Waals surface area contributed by atoms with Crippen LogP contribution >= 0.6 is 11.6 Å². The fourth-order valence-corrected chi connectivity index (χ4v) is 3.56. The van der Waals surface area contributed by atoms with Gasteiger partial charge in [0.2, 0.25) is 0 Å². The van der Waals surface area contributed by atoms with Gasteiger partial charge in [0.25, 0.3) is 0 Å². The maximum atomic E-state index is 6.04. The molecule has 3 rings (SSSR count). The molecule has 1 aliphatic carbocycles. The predicted molar refractivity (Wildman–Crippen MR) is 75.6 cm³/mol. The lowest BCUT2D eigenvalue weighted by Crippen LogP contribution is -2.42. The molecule has 1 aromatic heterocycles. The highest BCUT2D eigenvalue weighted by atomic mass is 35.5. The normalized spacial score (nSPS) is 25.7. The lowest BCUT2D eigenvalue weighted by atomic mass is 9.89. The number of nitrogens with zero attached hydrogens (tertiary/aromatic N) is 2. The molecule has 1 spiro atoms. The summed E-state index contributed by atoms with van der Waals surface area (Å²) in [5.74, 6) is 1.54. The summed E-state index contributed by atoms with van der Waals surface area (Å²) in [5, 5.41) is 4.00. The number of nitrogens with one attached hydrogen (secondary N) is 1. The van der Waals surface area contributed by atoms with Crippen molar-refractivity contribution >= 4 is 17.4 Å². The number of anilines is 1. The van der Waals surface area contributed by atoms with E-state index < -0.39 is 0 Å². The lowest BCUT2D eigenvalue weighted by molar-refractivity contribution is -0.0767. The van der Waals surface area contributed by atoms with Gasteiger partial charge in [-0.2, -0.15) is 0 Å². The van der Waals surface area contributed by atoms with E-state index in [9.17, 15) is 0 Å². The van der Waals surface area contributed by atoms with Crippen LogP contribution in [0.4, 0.5) is 5.82 Å². The molecule has 1 saturated carbocycles. The molecule has 1 saturated heterocycles. The van der Waals surface area contributed by atoms with Gasteiger partial charge in [-0.3, -0.25) is 0 Å². The average Bonchev–Trinajstić information content (AvgIpc) is 2.76. The van der Waals surface area contributed by atoms with Crippen LogP contribution in [0.5, 0.6) is 0 Å². The van der Waals surface area contributed by atoms with Crippen molar-refractivity contribution in [3.8, 4) is 0 Å². The molecular formula is C14H20ClN3O. The molecule has 1 N–H and O–H groups in total. The van der Waals surface area contributed by atoms with E-state index in [2.05, 4.69) is 15.3 Å². The molecule has 1 unspecified atom stereocenters. The van der Waals surface area contributed by atoms with Gasteiger partial charge in [0, 0.05) is 18.7 Å². The first kappa shape index (κ1) is 13.1. The zero-order valence-electron chi connectivity index (χ0n) is 11.3. The molecule has 0 bridgehead atoms. The average molecular weight is 282 g/mol. The third-order valence-corrected chi connectivity index (χ3v) is 4.36. The Labute approximate surface area is 118 Å². The summed E-state index contributed by atoms with van der Waals surface area (Å²) in [6.45, 7) is 2.70. The molecule has 2 heterocycles. The van der Waals surface area contributed by atoms with Gasteiger partial charge < -0.3 is 10.1 Å². The first-order valence-corrected chi connectivity index (χ1v) is 7.45. The summed E-state index contributed by atoms with van der Waals surface area (Å²) in [6.07, 6.45) is 7.11. The summed E-state index contributed by atoms with van der Waals surface area (Å²) < 4.78 is 6.04. The maximum Gasteiger partial charge on any atom is 0.134 e. The van der Waals surface area contributed by atoms with Crippen molar-refractivity contribution in [3.63, 3.8) is 0 Å². The number of rotatable bonds is 2. The van der Waals surface area contributed by atoms with Crippen LogP contribution in [0.3, 0.4) is 0 Å². The van der Waals surface area contributed by atoms with Crippen LogP contribution < -0.4 is 5.32 Å². The first-order valence-electron chi connectivity index (χ1n) is 7.07. The van der Waals surface area contributed by atoms with E-state index >= 15 is 0 Å². The van der Waals surface area contributed by atoms with Gasteiger partial charge in [-0.05, 0) is 32.6 Å². The molecule has 0 aromatic carbocycles. The van der Waals surface area contributed by atoms with Crippen molar-refractivity contribution in [1.82, 2.24) is 9.97 Å². The third-order valence-electron chi connectivity index (χ3n) is 4.17. The molecule has 1 aliphatic heterocycles. The minimum Gasteiger partial charge on any atom is -0.375 e. The SMILES string of the molecule is Cc1nc(Cl)cc(NC2CCOC3(CCCC3)C2)n1. The van der Waals surface area contributed by atoms with Crippen molar-refractivity contribution in [1.29, 1.82) is 0 Å². The van der Waals surface area contributed by atoms with Crippen LogP contribution in [-0.4, -0.2) is 28.2 Å². The molecule has 2 fully saturated rings. The highest BCUT2D eigenvalue weighted by Gasteiger charge is 2.39. The minimum atomic E-state index is 0.127. The molecule has 1 atom stereocenters. The Hall–Kier alpha value is -0.870. The fraction of sp³-hybridized carbons (Fsp3) is 0.714. The standard InChI is InChI=1S/C14H20ClN3O/c1-10-16-12(15)8-13(17-10)18-11-4-7-19-14(9-11)5-2-3-6-14/h8,11H,2-7,9H2,1H3,(H,16,17,18). The van der Waals surface area contributed by atoms with Gasteiger partial charge >= 0.3 is 0 Å². The molecule has 5 heteroatoms. The Morgan fingerprint density at radius 1 is 1.37 bits per heavy atom. The molecule has 0 amide bonds. The smallest absolute Gasteiger partial charge is 0.134 e. The zero-order chi connectivity index (χ0) is 13.3. The predicted octanol–water partition coefficient (Wildman–Crippen LogP) is 3.34. The highest BCUT2D eigenvalue weighted by Crippen LogP contribution is 2.40. The van der Waals surface area contributed by atoms with Gasteiger partial charge in [-0.15, -0.1) is 0 Å². The number of aromatic nitrogens is 2. The Bertz CT molecular complexity index is 440. The lowest BCUT2D eigenvalue weighted by Gasteiger charge is -2.38. The van der Waals surface area contributed by atoms with Crippen LogP contribution in [0, 0.1) is 6.92 Å². The molecule has 2 aliphatic rings. The largest absolute Gasteiger partial charge is 0.375 e. The van der Waals surface area contributed by atoms with Crippen LogP contribution in [0.15, 0.2) is 6.07 Å². The van der Waals surface area contributed by atoms with Gasteiger partial charge in [0.1, 0.15) is 16.8 Å². The van der Waals surface area contributed by atoms with E-state index in [1.165, 1.54) is 25.7 Å². The van der Waals surface area contributed by atoms with Crippen LogP contribution in [0.2, 0.25) is 5.15 Å². The van der Waals surface area contributed by atoms with Crippen molar-refractivity contribution in [3.05, 3.63) is 17.0 Å². The quantitative estimate of drug-likeness (QED) is 0.845. The highest BCUT2D eigenvalue weighted by molar-refractivity contribution is 6.29. The maximum absolute atomic E-state index is 6.04. The molecule has 19 heavy (non-hydrogen) atoms. The van der Waals surface area contributed by atoms with Crippen molar-refractivity contribution in [2.45, 2.75) is 57.1 Å². The summed E-state index contributed by atoms with van der Waals surface area (Å²) in [5.41, 5.74) is 0.127. The second-order valence-corrected chi connectivity index (χ2v) is 6.08. The zero-order valence-corrected chi connectivity index (χ0v) is 12.0. The molecule has 104 valence electrons. The minimum absolute atomic E-state index is 0.127. The molecule has 1 aromatic rings. The fourth-order valence-electron chi connectivity index (χ4n) is 3.33. The van der Waals surface area contributed by atoms with Gasteiger partial charge in [-0.1, -0.05) is 24.4 Å². The summed E-state index contributed by atoms with van der Waals surface area (Å²) in [4.78, 5) is 8.48. The van der Waals surface area contributed by atoms with E-state index in [0.29, 0.717) is 17.0 Å². The summed E-state index contributed by atoms with van der Waals surface area (Å²) in [7, 11) is 0. The number of ether oxygens (including phenoxy) is 1. The third kappa shape index (κ3) is 3.00. The molecule has 4 nitrogen and oxygen atoms in total. The number of aryl methyl sites for hydroxylation is 1. The number of hydrogen-bond donors (Lipinski definition) is 1. The second-order valence-electron chi connectivity index (χ2n) is 5.70. The first-order chi connectivity index (χ1) is 9.15. The summed E-state index contributed by atoms with van der Waals surface area (Å²) in [6, 6.07) is 2.22. The van der Waals surface area contributed by atoms with Crippen molar-refractivity contribution < 1.29 is 4.74 Å². The van der Waals surface area contributed by atoms with Crippen molar-refractivity contribution in [2.24, 2.45) is 0 Å². The Morgan fingerprint density at radius 3 is 2.89 bits per heavy atom. The van der Waals surface area contributed by atoms with Gasteiger partial charge in [0.15, 0.2) is 0 Å². The molecular weight excluding hydrogens is 262 g/mol. The molecule has 0 radical (unpaired) electrons.